The molecule has 0 saturated heterocycles. The van der Waals surface area contributed by atoms with Crippen molar-refractivity contribution in [3.63, 3.8) is 0 Å². The van der Waals surface area contributed by atoms with Crippen molar-refractivity contribution < 1.29 is 9.47 Å². The maximum atomic E-state index is 11.8. The van der Waals surface area contributed by atoms with Crippen molar-refractivity contribution in [3.8, 4) is 5.75 Å². The molecule has 0 amide bonds. The number of hydrogen-bond donors (Lipinski definition) is 2. The standard InChI is InChI=1S/C19H18BrNO3S/c20-10-17(24-12-25)14-6-8-16(19-15(14)7-9-18(22)21-19)23-11-13-4-2-1-3-5-13/h1-9,17,25H,10-12H2,(H,21,22). The van der Waals surface area contributed by atoms with Gasteiger partial charge < -0.3 is 14.5 Å². The molecule has 1 heterocycles. The van der Waals surface area contributed by atoms with Crippen LogP contribution in [0.2, 0.25) is 0 Å². The van der Waals surface area contributed by atoms with Gasteiger partial charge in [-0.25, -0.2) is 0 Å². The second-order valence-electron chi connectivity index (χ2n) is 5.48. The molecule has 1 atom stereocenters. The van der Waals surface area contributed by atoms with Crippen LogP contribution in [0.15, 0.2) is 59.4 Å². The first-order chi connectivity index (χ1) is 12.2. The Morgan fingerprint density at radius 3 is 2.60 bits per heavy atom. The molecular formula is C19H18BrNO3S. The van der Waals surface area contributed by atoms with E-state index in [1.807, 2.05) is 42.5 Å². The van der Waals surface area contributed by atoms with Crippen LogP contribution in [0.3, 0.4) is 0 Å². The summed E-state index contributed by atoms with van der Waals surface area (Å²) in [4.78, 5) is 14.7. The molecule has 1 unspecified atom stereocenters. The smallest absolute Gasteiger partial charge is 0.248 e. The van der Waals surface area contributed by atoms with Crippen LogP contribution in [0, 0.1) is 0 Å². The summed E-state index contributed by atoms with van der Waals surface area (Å²) < 4.78 is 11.6. The molecule has 3 aromatic rings. The molecule has 0 radical (unpaired) electrons. The fourth-order valence-corrected chi connectivity index (χ4v) is 3.41. The van der Waals surface area contributed by atoms with Crippen molar-refractivity contribution in [2.45, 2.75) is 12.7 Å². The van der Waals surface area contributed by atoms with Gasteiger partial charge in [0.05, 0.1) is 17.6 Å². The zero-order valence-electron chi connectivity index (χ0n) is 13.4. The fraction of sp³-hybridized carbons (Fsp3) is 0.211. The van der Waals surface area contributed by atoms with E-state index in [9.17, 15) is 4.79 Å². The lowest BCUT2D eigenvalue weighted by atomic mass is 10.0. The van der Waals surface area contributed by atoms with E-state index in [1.54, 1.807) is 6.07 Å². The topological polar surface area (TPSA) is 51.3 Å². The molecule has 2 aromatic carbocycles. The predicted octanol–water partition coefficient (Wildman–Crippen LogP) is 4.45. The molecule has 0 aliphatic heterocycles. The van der Waals surface area contributed by atoms with Crippen LogP contribution in [0.5, 0.6) is 5.75 Å². The summed E-state index contributed by atoms with van der Waals surface area (Å²) in [6.45, 7) is 0.432. The number of aromatic amines is 1. The van der Waals surface area contributed by atoms with Crippen LogP contribution < -0.4 is 10.3 Å². The SMILES string of the molecule is O=c1ccc2c(C(CBr)OCS)ccc(OCc3ccccc3)c2[nH]1. The van der Waals surface area contributed by atoms with Gasteiger partial charge in [-0.1, -0.05) is 52.3 Å². The summed E-state index contributed by atoms with van der Waals surface area (Å²) >= 11 is 7.61. The maximum absolute atomic E-state index is 11.8. The van der Waals surface area contributed by atoms with Crippen molar-refractivity contribution in [3.05, 3.63) is 76.1 Å². The molecule has 0 bridgehead atoms. The average Bonchev–Trinajstić information content (AvgIpc) is 2.65. The molecule has 0 fully saturated rings. The summed E-state index contributed by atoms with van der Waals surface area (Å²) in [6, 6.07) is 17.1. The lowest BCUT2D eigenvalue weighted by Crippen LogP contribution is -2.09. The number of benzene rings is 2. The minimum Gasteiger partial charge on any atom is -0.487 e. The van der Waals surface area contributed by atoms with Crippen LogP contribution in [0.1, 0.15) is 17.2 Å². The Hall–Kier alpha value is -1.76. The number of halogens is 1. The van der Waals surface area contributed by atoms with Gasteiger partial charge >= 0.3 is 0 Å². The molecule has 3 rings (SSSR count). The molecule has 6 heteroatoms. The molecule has 0 saturated carbocycles. The van der Waals surface area contributed by atoms with Crippen LogP contribution in [0.4, 0.5) is 0 Å². The number of fused-ring (bicyclic) bond motifs is 1. The highest BCUT2D eigenvalue weighted by Crippen LogP contribution is 2.32. The minimum atomic E-state index is -0.167. The Labute approximate surface area is 159 Å². The molecule has 130 valence electrons. The van der Waals surface area contributed by atoms with Crippen molar-refractivity contribution in [2.24, 2.45) is 0 Å². The lowest BCUT2D eigenvalue weighted by molar-refractivity contribution is 0.113. The second-order valence-corrected chi connectivity index (χ2v) is 6.38. The Morgan fingerprint density at radius 1 is 1.08 bits per heavy atom. The molecule has 0 aliphatic rings. The van der Waals surface area contributed by atoms with E-state index in [4.69, 9.17) is 9.47 Å². The van der Waals surface area contributed by atoms with Gasteiger partial charge in [-0.05, 0) is 23.3 Å². The Morgan fingerprint density at radius 2 is 1.88 bits per heavy atom. The second kappa shape index (κ2) is 8.56. The zero-order chi connectivity index (χ0) is 17.6. The van der Waals surface area contributed by atoms with Crippen LogP contribution >= 0.6 is 28.6 Å². The number of nitrogens with one attached hydrogen (secondary N) is 1. The number of pyridine rings is 1. The number of thiol groups is 1. The number of hydrogen-bond acceptors (Lipinski definition) is 4. The van der Waals surface area contributed by atoms with E-state index in [1.165, 1.54) is 6.07 Å². The van der Waals surface area contributed by atoms with E-state index in [2.05, 4.69) is 33.5 Å². The zero-order valence-corrected chi connectivity index (χ0v) is 15.9. The Balaban J connectivity index is 1.99. The van der Waals surface area contributed by atoms with Crippen LogP contribution in [0.25, 0.3) is 10.9 Å². The van der Waals surface area contributed by atoms with Crippen molar-refractivity contribution in [2.75, 3.05) is 11.3 Å². The Bertz CT molecular complexity index is 898. The number of H-pyrrole nitrogens is 1. The summed E-state index contributed by atoms with van der Waals surface area (Å²) in [5.41, 5.74) is 2.55. The maximum Gasteiger partial charge on any atom is 0.248 e. The van der Waals surface area contributed by atoms with Crippen LogP contribution in [-0.4, -0.2) is 16.3 Å². The van der Waals surface area contributed by atoms with E-state index in [0.717, 1.165) is 16.5 Å². The first kappa shape index (κ1) is 18.0. The quantitative estimate of drug-likeness (QED) is 0.338. The van der Waals surface area contributed by atoms with Gasteiger partial charge in [-0.15, -0.1) is 0 Å². The molecule has 0 spiro atoms. The number of aromatic nitrogens is 1. The number of alkyl halides is 1. The van der Waals surface area contributed by atoms with Gasteiger partial charge in [0.15, 0.2) is 0 Å². The fourth-order valence-electron chi connectivity index (χ4n) is 2.69. The first-order valence-corrected chi connectivity index (χ1v) is 9.59. The van der Waals surface area contributed by atoms with Crippen molar-refractivity contribution in [1.82, 2.24) is 4.98 Å². The molecule has 1 aromatic heterocycles. The van der Waals surface area contributed by atoms with E-state index < -0.39 is 0 Å². The summed E-state index contributed by atoms with van der Waals surface area (Å²) in [6.07, 6.45) is -0.158. The summed E-state index contributed by atoms with van der Waals surface area (Å²) in [5, 5.41) is 1.53. The third kappa shape index (κ3) is 4.26. The highest BCUT2D eigenvalue weighted by atomic mass is 79.9. The first-order valence-electron chi connectivity index (χ1n) is 7.84. The van der Waals surface area contributed by atoms with E-state index in [-0.39, 0.29) is 11.7 Å². The molecule has 25 heavy (non-hydrogen) atoms. The van der Waals surface area contributed by atoms with Gasteiger partial charge in [-0.3, -0.25) is 4.79 Å². The monoisotopic (exact) mass is 419 g/mol. The van der Waals surface area contributed by atoms with Crippen molar-refractivity contribution >= 4 is 39.5 Å². The third-order valence-electron chi connectivity index (χ3n) is 3.89. The Kier molecular flexibility index (Phi) is 6.18. The van der Waals surface area contributed by atoms with Gasteiger partial charge in [-0.2, -0.15) is 12.6 Å². The molecule has 4 nitrogen and oxygen atoms in total. The van der Waals surface area contributed by atoms with E-state index in [0.29, 0.717) is 29.1 Å². The summed E-state index contributed by atoms with van der Waals surface area (Å²) in [5.74, 6) is 0.951. The predicted molar refractivity (Wildman–Crippen MR) is 107 cm³/mol. The largest absolute Gasteiger partial charge is 0.487 e. The molecular weight excluding hydrogens is 402 g/mol. The minimum absolute atomic E-state index is 0.158. The third-order valence-corrected chi connectivity index (χ3v) is 4.63. The van der Waals surface area contributed by atoms with Gasteiger partial charge in [0.1, 0.15) is 12.4 Å². The normalized spacial score (nSPS) is 12.2. The highest BCUT2D eigenvalue weighted by molar-refractivity contribution is 9.09. The number of rotatable bonds is 7. The number of ether oxygens (including phenoxy) is 2. The van der Waals surface area contributed by atoms with Gasteiger partial charge in [0, 0.05) is 16.8 Å². The van der Waals surface area contributed by atoms with Crippen LogP contribution in [-0.2, 0) is 11.3 Å². The van der Waals surface area contributed by atoms with E-state index >= 15 is 0 Å². The molecule has 1 N–H and O–H groups in total. The lowest BCUT2D eigenvalue weighted by Gasteiger charge is -2.18. The van der Waals surface area contributed by atoms with Gasteiger partial charge in [0.25, 0.3) is 0 Å². The molecule has 0 aliphatic carbocycles. The van der Waals surface area contributed by atoms with Crippen molar-refractivity contribution in [1.29, 1.82) is 0 Å². The average molecular weight is 420 g/mol. The summed E-state index contributed by atoms with van der Waals surface area (Å²) in [7, 11) is 0. The van der Waals surface area contributed by atoms with Gasteiger partial charge in [0.2, 0.25) is 5.56 Å². The highest BCUT2D eigenvalue weighted by Gasteiger charge is 2.16.